The zero-order valence-corrected chi connectivity index (χ0v) is 15.0. The molecule has 1 aliphatic rings. The van der Waals surface area contributed by atoms with Crippen molar-refractivity contribution in [1.82, 2.24) is 4.98 Å². The summed E-state index contributed by atoms with van der Waals surface area (Å²) in [7, 11) is 0. The van der Waals surface area contributed by atoms with Gasteiger partial charge in [0.1, 0.15) is 11.6 Å². The number of guanidine groups is 1. The Hall–Kier alpha value is -3.87. The van der Waals surface area contributed by atoms with E-state index in [4.69, 9.17) is 13.8 Å². The zero-order valence-electron chi connectivity index (χ0n) is 15.0. The molecule has 0 unspecified atom stereocenters. The molecule has 0 saturated heterocycles. The molecule has 1 atom stereocenters. The lowest BCUT2D eigenvalue weighted by atomic mass is 9.97. The molecule has 28 heavy (non-hydrogen) atoms. The van der Waals surface area contributed by atoms with Crippen LogP contribution in [0.5, 0.6) is 0 Å². The Balaban J connectivity index is 1.59. The molecule has 1 aliphatic heterocycles. The van der Waals surface area contributed by atoms with Crippen molar-refractivity contribution >= 4 is 28.8 Å². The van der Waals surface area contributed by atoms with Gasteiger partial charge >= 0.3 is 11.6 Å². The number of anilines is 2. The fraction of sp³-hybridized carbons (Fsp3) is 0.0952. The molecule has 0 saturated carbocycles. The number of nitrogens with one attached hydrogen (secondary N) is 2. The van der Waals surface area contributed by atoms with Crippen LogP contribution in [-0.2, 0) is 0 Å². The Morgan fingerprint density at radius 3 is 2.68 bits per heavy atom. The van der Waals surface area contributed by atoms with Crippen LogP contribution in [0.3, 0.4) is 0 Å². The maximum Gasteiger partial charge on any atom is 0.343 e. The number of rotatable bonds is 2. The first-order valence-corrected chi connectivity index (χ1v) is 8.84. The van der Waals surface area contributed by atoms with Gasteiger partial charge in [-0.15, -0.1) is 0 Å². The highest BCUT2D eigenvalue weighted by Gasteiger charge is 2.29. The van der Waals surface area contributed by atoms with Crippen LogP contribution in [0.25, 0.3) is 11.1 Å². The van der Waals surface area contributed by atoms with Crippen LogP contribution in [0.15, 0.2) is 79.5 Å². The third-order valence-electron chi connectivity index (χ3n) is 4.64. The molecule has 0 aliphatic carbocycles. The topological polar surface area (TPSA) is 92.7 Å². The maximum atomic E-state index is 12.5. The Bertz CT molecular complexity index is 1220. The van der Waals surface area contributed by atoms with Gasteiger partial charge in [-0.2, -0.15) is 4.98 Å². The van der Waals surface area contributed by atoms with E-state index in [0.717, 1.165) is 16.6 Å². The highest BCUT2D eigenvalue weighted by molar-refractivity contribution is 6.05. The average molecular weight is 372 g/mol. The fourth-order valence-electron chi connectivity index (χ4n) is 3.30. The number of hydrogen-bond acceptors (Lipinski definition) is 7. The second-order valence-corrected chi connectivity index (χ2v) is 6.52. The van der Waals surface area contributed by atoms with Crippen molar-refractivity contribution in [3.63, 3.8) is 0 Å². The van der Waals surface area contributed by atoms with E-state index in [2.05, 4.69) is 15.6 Å². The maximum absolute atomic E-state index is 12.5. The summed E-state index contributed by atoms with van der Waals surface area (Å²) in [6, 6.07) is 16.9. The quantitative estimate of drug-likeness (QED) is 0.551. The second kappa shape index (κ2) is 6.38. The number of aryl methyl sites for hydroxylation is 1. The van der Waals surface area contributed by atoms with Gasteiger partial charge in [0.05, 0.1) is 17.5 Å². The van der Waals surface area contributed by atoms with Gasteiger partial charge in [0.2, 0.25) is 5.96 Å². The number of oxazole rings is 1. The van der Waals surface area contributed by atoms with E-state index < -0.39 is 11.7 Å². The van der Waals surface area contributed by atoms with Gasteiger partial charge in [0.25, 0.3) is 0 Å². The van der Waals surface area contributed by atoms with Crippen molar-refractivity contribution in [2.45, 2.75) is 13.0 Å². The number of aliphatic imine (C=N–C) groups is 1. The first-order chi connectivity index (χ1) is 13.7. The molecule has 5 rings (SSSR count). The predicted molar refractivity (Wildman–Crippen MR) is 107 cm³/mol. The molecule has 2 N–H and O–H groups in total. The Kier molecular flexibility index (Phi) is 3.72. The number of nitrogens with zero attached hydrogens (tertiary/aromatic N) is 2. The van der Waals surface area contributed by atoms with Gasteiger partial charge in [-0.25, -0.2) is 9.79 Å². The monoisotopic (exact) mass is 372 g/mol. The first kappa shape index (κ1) is 16.3. The first-order valence-electron chi connectivity index (χ1n) is 8.84. The van der Waals surface area contributed by atoms with E-state index in [1.54, 1.807) is 0 Å². The van der Waals surface area contributed by atoms with Crippen molar-refractivity contribution < 1.29 is 8.83 Å². The Labute approximate surface area is 159 Å². The molecule has 138 valence electrons. The molecule has 7 nitrogen and oxygen atoms in total. The third kappa shape index (κ3) is 2.73. The summed E-state index contributed by atoms with van der Waals surface area (Å²) in [5.41, 5.74) is 3.87. The molecule has 0 radical (unpaired) electrons. The number of hydrogen-bond donors (Lipinski definition) is 2. The summed E-state index contributed by atoms with van der Waals surface area (Å²) in [6.45, 7) is 1.87. The average Bonchev–Trinajstić information content (AvgIpc) is 3.13. The molecule has 4 aromatic rings. The van der Waals surface area contributed by atoms with Crippen LogP contribution >= 0.6 is 0 Å². The molecule has 7 heteroatoms. The molecular weight excluding hydrogens is 356 g/mol. The van der Waals surface area contributed by atoms with Crippen LogP contribution in [-0.4, -0.2) is 10.9 Å². The van der Waals surface area contributed by atoms with Gasteiger partial charge < -0.3 is 14.2 Å². The minimum atomic E-state index is -0.500. The van der Waals surface area contributed by atoms with E-state index in [9.17, 15) is 4.79 Å². The van der Waals surface area contributed by atoms with Crippen molar-refractivity contribution in [2.75, 3.05) is 10.6 Å². The lowest BCUT2D eigenvalue weighted by molar-refractivity contribution is 0.494. The summed E-state index contributed by atoms with van der Waals surface area (Å²) in [6.07, 6.45) is 1.44. The molecule has 0 amide bonds. The van der Waals surface area contributed by atoms with Crippen molar-refractivity contribution in [2.24, 2.45) is 4.99 Å². The van der Waals surface area contributed by atoms with Crippen LogP contribution in [0.2, 0.25) is 0 Å². The second-order valence-electron chi connectivity index (χ2n) is 6.52. The molecule has 0 spiro atoms. The van der Waals surface area contributed by atoms with E-state index in [0.29, 0.717) is 28.8 Å². The van der Waals surface area contributed by atoms with E-state index in [1.165, 1.54) is 6.26 Å². The normalized spacial score (nSPS) is 15.6. The standard InChI is InChI=1S/C21H16N4O3/c1-12-11-27-19(26)16-17(12)23-20(24-18(16)13-7-3-2-4-8-13)25-21-22-14-9-5-6-10-15(14)28-21/h2-11,18H,1H3,(H2,22,23,24,25)/t18-/m0/s1. The lowest BCUT2D eigenvalue weighted by Gasteiger charge is -2.25. The molecule has 0 fully saturated rings. The summed E-state index contributed by atoms with van der Waals surface area (Å²) < 4.78 is 10.9. The van der Waals surface area contributed by atoms with Crippen molar-refractivity contribution in [3.8, 4) is 0 Å². The molecule has 2 aromatic heterocycles. The number of benzene rings is 2. The van der Waals surface area contributed by atoms with Crippen molar-refractivity contribution in [1.29, 1.82) is 0 Å². The van der Waals surface area contributed by atoms with Gasteiger partial charge in [-0.05, 0) is 24.6 Å². The molecule has 0 bridgehead atoms. The summed E-state index contributed by atoms with van der Waals surface area (Å²) in [5, 5.41) is 6.26. The largest absolute Gasteiger partial charge is 0.431 e. The highest BCUT2D eigenvalue weighted by atomic mass is 16.4. The van der Waals surface area contributed by atoms with E-state index >= 15 is 0 Å². The molecule has 2 aromatic carbocycles. The molecule has 3 heterocycles. The van der Waals surface area contributed by atoms with Crippen LogP contribution < -0.4 is 16.3 Å². The van der Waals surface area contributed by atoms with Gasteiger partial charge in [-0.3, -0.25) is 5.32 Å². The smallest absolute Gasteiger partial charge is 0.343 e. The minimum absolute atomic E-state index is 0.323. The fourth-order valence-corrected chi connectivity index (χ4v) is 3.30. The van der Waals surface area contributed by atoms with Gasteiger partial charge in [-0.1, -0.05) is 42.5 Å². The van der Waals surface area contributed by atoms with Gasteiger partial charge in [0.15, 0.2) is 5.58 Å². The number of para-hydroxylation sites is 2. The third-order valence-corrected chi connectivity index (χ3v) is 4.64. The predicted octanol–water partition coefficient (Wildman–Crippen LogP) is 4.07. The highest BCUT2D eigenvalue weighted by Crippen LogP contribution is 2.34. The Morgan fingerprint density at radius 2 is 1.86 bits per heavy atom. The van der Waals surface area contributed by atoms with Crippen LogP contribution in [0.1, 0.15) is 22.7 Å². The van der Waals surface area contributed by atoms with E-state index in [1.807, 2.05) is 61.5 Å². The summed E-state index contributed by atoms with van der Waals surface area (Å²) >= 11 is 0. The summed E-state index contributed by atoms with van der Waals surface area (Å²) in [5.74, 6) is 0.446. The van der Waals surface area contributed by atoms with E-state index in [-0.39, 0.29) is 0 Å². The SMILES string of the molecule is Cc1coc(=O)c2c1NC(Nc1nc3ccccc3o1)=N[C@H]2c1ccccc1. The van der Waals surface area contributed by atoms with Gasteiger partial charge in [0, 0.05) is 5.56 Å². The summed E-state index contributed by atoms with van der Waals surface area (Å²) in [4.78, 5) is 21.6. The minimum Gasteiger partial charge on any atom is -0.431 e. The Morgan fingerprint density at radius 1 is 1.07 bits per heavy atom. The number of fused-ring (bicyclic) bond motifs is 2. The van der Waals surface area contributed by atoms with Crippen molar-refractivity contribution in [3.05, 3.63) is 88.0 Å². The molecular formula is C21H16N4O3. The van der Waals surface area contributed by atoms with Crippen LogP contribution in [0, 0.1) is 6.92 Å². The number of aromatic nitrogens is 1. The zero-order chi connectivity index (χ0) is 19.1. The van der Waals surface area contributed by atoms with Crippen LogP contribution in [0.4, 0.5) is 11.7 Å². The lowest BCUT2D eigenvalue weighted by Crippen LogP contribution is -2.31.